The van der Waals surface area contributed by atoms with Gasteiger partial charge in [0, 0.05) is 0 Å². The van der Waals surface area contributed by atoms with E-state index in [4.69, 9.17) is 14.4 Å². The van der Waals surface area contributed by atoms with Crippen LogP contribution >= 0.6 is 0 Å². The minimum atomic E-state index is -4.21. The molecular weight excluding hydrogens is 260 g/mol. The van der Waals surface area contributed by atoms with Crippen LogP contribution in [0.1, 0.15) is 5.56 Å². The predicted octanol–water partition coefficient (Wildman–Crippen LogP) is 0.587. The van der Waals surface area contributed by atoms with Crippen molar-refractivity contribution in [3.8, 4) is 0 Å². The van der Waals surface area contributed by atoms with Crippen LogP contribution in [0.4, 0.5) is 0 Å². The zero-order valence-corrected chi connectivity index (χ0v) is 10.3. The Balaban J connectivity index is 2.68. The van der Waals surface area contributed by atoms with E-state index in [1.807, 2.05) is 0 Å². The van der Waals surface area contributed by atoms with Gasteiger partial charge in [-0.25, -0.2) is 4.79 Å². The fraction of sp³-hybridized carbons (Fsp3) is 0.364. The summed E-state index contributed by atoms with van der Waals surface area (Å²) in [4.78, 5) is 10.4. The number of aliphatic carboxylic acids is 1. The number of hydrogen-bond acceptors (Lipinski definition) is 4. The molecule has 0 aliphatic heterocycles. The Labute approximate surface area is 105 Å². The minimum absolute atomic E-state index is 0.216. The molecule has 0 spiro atoms. The zero-order chi connectivity index (χ0) is 13.6. The number of carboxylic acids is 1. The summed E-state index contributed by atoms with van der Waals surface area (Å²) in [6.45, 7) is -0.604. The summed E-state index contributed by atoms with van der Waals surface area (Å²) in [7, 11) is -4.21. The van der Waals surface area contributed by atoms with Crippen LogP contribution in [-0.2, 0) is 26.1 Å². The third-order valence-electron chi connectivity index (χ3n) is 2.15. The lowest BCUT2D eigenvalue weighted by atomic mass is 10.1. The number of benzene rings is 1. The average molecular weight is 274 g/mol. The lowest BCUT2D eigenvalue weighted by molar-refractivity contribution is -0.143. The normalized spacial score (nSPS) is 13.2. The molecule has 0 aliphatic rings. The molecule has 1 aromatic carbocycles. The number of carboxylic acid groups (broad SMARTS) is 1. The largest absolute Gasteiger partial charge is 0.480 e. The predicted molar refractivity (Wildman–Crippen MR) is 63.9 cm³/mol. The zero-order valence-electron chi connectivity index (χ0n) is 9.52. The first-order chi connectivity index (χ1) is 8.37. The minimum Gasteiger partial charge on any atom is -0.480 e. The van der Waals surface area contributed by atoms with Crippen LogP contribution in [0.2, 0.25) is 0 Å². The molecule has 0 bridgehead atoms. The van der Waals surface area contributed by atoms with Gasteiger partial charge >= 0.3 is 5.97 Å². The molecule has 0 saturated heterocycles. The third kappa shape index (κ3) is 6.33. The Morgan fingerprint density at radius 2 is 1.89 bits per heavy atom. The Morgan fingerprint density at radius 1 is 1.28 bits per heavy atom. The summed E-state index contributed by atoms with van der Waals surface area (Å²) < 4.78 is 35.3. The van der Waals surface area contributed by atoms with Gasteiger partial charge in [-0.2, -0.15) is 8.42 Å². The number of hydrogen-bond donors (Lipinski definition) is 2. The van der Waals surface area contributed by atoms with Crippen molar-refractivity contribution >= 4 is 16.1 Å². The van der Waals surface area contributed by atoms with Gasteiger partial charge in [-0.3, -0.25) is 4.55 Å². The maximum atomic E-state index is 10.8. The first-order valence-electron chi connectivity index (χ1n) is 5.19. The molecule has 0 amide bonds. The Bertz CT molecular complexity index is 482. The van der Waals surface area contributed by atoms with E-state index in [1.165, 1.54) is 0 Å². The van der Waals surface area contributed by atoms with Crippen LogP contribution in [0.15, 0.2) is 30.3 Å². The second-order valence-electron chi connectivity index (χ2n) is 3.77. The molecule has 0 fully saturated rings. The highest BCUT2D eigenvalue weighted by molar-refractivity contribution is 7.85. The van der Waals surface area contributed by atoms with Crippen molar-refractivity contribution in [1.29, 1.82) is 0 Å². The van der Waals surface area contributed by atoms with E-state index in [-0.39, 0.29) is 6.42 Å². The molecule has 0 aliphatic carbocycles. The lowest BCUT2D eigenvalue weighted by Crippen LogP contribution is -2.28. The molecular formula is C11H14O6S. The van der Waals surface area contributed by atoms with Crippen molar-refractivity contribution in [2.24, 2.45) is 0 Å². The number of ether oxygens (including phenoxy) is 1. The van der Waals surface area contributed by atoms with E-state index in [9.17, 15) is 13.2 Å². The standard InChI is InChI=1S/C11H14O6S/c12-11(13)7-17-10(8-18(14,15)16)6-9-4-2-1-3-5-9/h1-5,10H,6-8H2,(H,12,13)(H,14,15,16). The SMILES string of the molecule is O=C(O)COC(Cc1ccccc1)CS(=O)(=O)O. The van der Waals surface area contributed by atoms with Gasteiger partial charge in [-0.15, -0.1) is 0 Å². The Kier molecular flexibility index (Phi) is 5.26. The van der Waals surface area contributed by atoms with Crippen LogP contribution in [-0.4, -0.2) is 42.5 Å². The summed E-state index contributed by atoms with van der Waals surface area (Å²) >= 11 is 0. The van der Waals surface area contributed by atoms with E-state index < -0.39 is 34.6 Å². The van der Waals surface area contributed by atoms with Gasteiger partial charge in [0.2, 0.25) is 0 Å². The van der Waals surface area contributed by atoms with Gasteiger partial charge in [0.15, 0.2) is 0 Å². The van der Waals surface area contributed by atoms with E-state index in [2.05, 4.69) is 0 Å². The van der Waals surface area contributed by atoms with Crippen LogP contribution in [0.5, 0.6) is 0 Å². The van der Waals surface area contributed by atoms with Crippen molar-refractivity contribution in [3.05, 3.63) is 35.9 Å². The van der Waals surface area contributed by atoms with Crippen LogP contribution < -0.4 is 0 Å². The van der Waals surface area contributed by atoms with Gasteiger partial charge in [-0.05, 0) is 12.0 Å². The third-order valence-corrected chi connectivity index (χ3v) is 2.94. The van der Waals surface area contributed by atoms with Gasteiger partial charge in [-0.1, -0.05) is 30.3 Å². The highest BCUT2D eigenvalue weighted by Crippen LogP contribution is 2.08. The maximum absolute atomic E-state index is 10.8. The molecule has 1 unspecified atom stereocenters. The molecule has 100 valence electrons. The Morgan fingerprint density at radius 3 is 2.39 bits per heavy atom. The second kappa shape index (κ2) is 6.48. The monoisotopic (exact) mass is 274 g/mol. The molecule has 1 aromatic rings. The van der Waals surface area contributed by atoms with Crippen molar-refractivity contribution in [2.45, 2.75) is 12.5 Å². The van der Waals surface area contributed by atoms with Gasteiger partial charge in [0.05, 0.1) is 6.10 Å². The van der Waals surface area contributed by atoms with E-state index in [0.29, 0.717) is 0 Å². The first-order valence-corrected chi connectivity index (χ1v) is 6.80. The number of rotatable bonds is 7. The molecule has 0 aromatic heterocycles. The van der Waals surface area contributed by atoms with Crippen LogP contribution in [0, 0.1) is 0 Å². The molecule has 1 rings (SSSR count). The Hall–Kier alpha value is -1.44. The molecule has 0 saturated carbocycles. The van der Waals surface area contributed by atoms with Crippen molar-refractivity contribution in [1.82, 2.24) is 0 Å². The van der Waals surface area contributed by atoms with Crippen LogP contribution in [0.3, 0.4) is 0 Å². The van der Waals surface area contributed by atoms with Crippen molar-refractivity contribution < 1.29 is 27.6 Å². The molecule has 2 N–H and O–H groups in total. The molecule has 0 radical (unpaired) electrons. The van der Waals surface area contributed by atoms with Gasteiger partial charge in [0.25, 0.3) is 10.1 Å². The highest BCUT2D eigenvalue weighted by Gasteiger charge is 2.19. The molecule has 7 heteroatoms. The lowest BCUT2D eigenvalue weighted by Gasteiger charge is -2.15. The molecule has 0 heterocycles. The first kappa shape index (κ1) is 14.6. The summed E-state index contributed by atoms with van der Waals surface area (Å²) in [5, 5.41) is 8.49. The quantitative estimate of drug-likeness (QED) is 0.706. The highest BCUT2D eigenvalue weighted by atomic mass is 32.2. The fourth-order valence-corrected chi connectivity index (χ4v) is 2.15. The van der Waals surface area contributed by atoms with Crippen molar-refractivity contribution in [3.63, 3.8) is 0 Å². The maximum Gasteiger partial charge on any atom is 0.329 e. The molecule has 6 nitrogen and oxygen atoms in total. The van der Waals surface area contributed by atoms with E-state index >= 15 is 0 Å². The van der Waals surface area contributed by atoms with E-state index in [0.717, 1.165) is 5.56 Å². The number of carbonyl (C=O) groups is 1. The summed E-state index contributed by atoms with van der Waals surface area (Å²) in [5.74, 6) is -1.82. The topological polar surface area (TPSA) is 101 Å². The van der Waals surface area contributed by atoms with E-state index in [1.54, 1.807) is 30.3 Å². The summed E-state index contributed by atoms with van der Waals surface area (Å²) in [6.07, 6.45) is -0.674. The molecule has 1 atom stereocenters. The fourth-order valence-electron chi connectivity index (χ4n) is 1.47. The average Bonchev–Trinajstić information content (AvgIpc) is 2.25. The summed E-state index contributed by atoms with van der Waals surface area (Å²) in [5.41, 5.74) is 0.802. The smallest absolute Gasteiger partial charge is 0.329 e. The summed E-state index contributed by atoms with van der Waals surface area (Å²) in [6, 6.07) is 8.88. The van der Waals surface area contributed by atoms with Crippen LogP contribution in [0.25, 0.3) is 0 Å². The molecule has 18 heavy (non-hydrogen) atoms. The second-order valence-corrected chi connectivity index (χ2v) is 5.26. The van der Waals surface area contributed by atoms with Gasteiger partial charge < -0.3 is 9.84 Å². The van der Waals surface area contributed by atoms with Gasteiger partial charge in [0.1, 0.15) is 12.4 Å². The van der Waals surface area contributed by atoms with Crippen molar-refractivity contribution in [2.75, 3.05) is 12.4 Å².